The summed E-state index contributed by atoms with van der Waals surface area (Å²) < 4.78 is 4.77. The van der Waals surface area contributed by atoms with E-state index in [1.54, 1.807) is 48.7 Å². The molecule has 0 saturated heterocycles. The summed E-state index contributed by atoms with van der Waals surface area (Å²) in [5, 5.41) is 17.9. The topological polar surface area (TPSA) is 181 Å². The first kappa shape index (κ1) is 24.8. The highest BCUT2D eigenvalue weighted by Crippen LogP contribution is 2.20. The zero-order chi connectivity index (χ0) is 25.7. The second-order valence-corrected chi connectivity index (χ2v) is 7.88. The molecule has 7 N–H and O–H groups in total. The Bertz CT molecular complexity index is 1300. The first-order valence-electron chi connectivity index (χ1n) is 10.5. The summed E-state index contributed by atoms with van der Waals surface area (Å²) in [6, 6.07) is 4.59. The molecule has 35 heavy (non-hydrogen) atoms. The molecule has 0 aliphatic heterocycles. The molecule has 0 bridgehead atoms. The van der Waals surface area contributed by atoms with Crippen molar-refractivity contribution in [1.29, 1.82) is 5.41 Å². The van der Waals surface area contributed by atoms with Crippen LogP contribution in [0, 0.1) is 5.41 Å². The Balaban J connectivity index is 1.67. The Morgan fingerprint density at radius 3 is 2.09 bits per heavy atom. The Kier molecular flexibility index (Phi) is 7.39. The summed E-state index contributed by atoms with van der Waals surface area (Å²) in [6.45, 7) is 0.215. The molecule has 13 nitrogen and oxygen atoms in total. The third kappa shape index (κ3) is 5.96. The first-order valence-corrected chi connectivity index (χ1v) is 10.5. The average Bonchev–Trinajstić information content (AvgIpc) is 3.45. The number of amides is 4. The standard InChI is InChI=1S/C22H27N9O4/c1-29-9-13(6-16(29)22(35)25-5-4-17(23)24)20(33)27-18-7-14(10-30(18)2)21(34)28-19-8-15(26-12-32)11-31(19)3/h6-12H,4-5H2,1-3H3,(H3,23,24)(H,25,35)(H,26,32)(H,27,33)(H,28,34). The molecule has 0 radical (unpaired) electrons. The zero-order valence-electron chi connectivity index (χ0n) is 19.5. The van der Waals surface area contributed by atoms with Gasteiger partial charge >= 0.3 is 0 Å². The van der Waals surface area contributed by atoms with Gasteiger partial charge in [-0.25, -0.2) is 0 Å². The minimum atomic E-state index is -0.455. The van der Waals surface area contributed by atoms with Crippen molar-refractivity contribution >= 4 is 47.3 Å². The minimum absolute atomic E-state index is 0.0313. The maximum absolute atomic E-state index is 12.8. The minimum Gasteiger partial charge on any atom is -0.388 e. The van der Waals surface area contributed by atoms with Crippen LogP contribution in [0.4, 0.5) is 17.3 Å². The van der Waals surface area contributed by atoms with Gasteiger partial charge in [0.2, 0.25) is 6.41 Å². The van der Waals surface area contributed by atoms with Crippen molar-refractivity contribution < 1.29 is 19.2 Å². The Labute approximate surface area is 200 Å². The van der Waals surface area contributed by atoms with E-state index in [9.17, 15) is 19.2 Å². The van der Waals surface area contributed by atoms with Gasteiger partial charge in [0.15, 0.2) is 0 Å². The Morgan fingerprint density at radius 2 is 1.46 bits per heavy atom. The van der Waals surface area contributed by atoms with Crippen LogP contribution in [0.1, 0.15) is 37.6 Å². The number of carbonyl (C=O) groups excluding carboxylic acids is 4. The van der Waals surface area contributed by atoms with E-state index in [-0.39, 0.29) is 30.1 Å². The van der Waals surface area contributed by atoms with Crippen LogP contribution in [0.25, 0.3) is 0 Å². The van der Waals surface area contributed by atoms with Crippen molar-refractivity contribution in [3.8, 4) is 0 Å². The molecule has 0 unspecified atom stereocenters. The molecular formula is C22H27N9O4. The second kappa shape index (κ2) is 10.4. The maximum Gasteiger partial charge on any atom is 0.267 e. The fourth-order valence-electron chi connectivity index (χ4n) is 3.34. The third-order valence-corrected chi connectivity index (χ3v) is 5.16. The molecule has 3 heterocycles. The van der Waals surface area contributed by atoms with Gasteiger partial charge in [0.25, 0.3) is 17.7 Å². The molecular weight excluding hydrogens is 454 g/mol. The number of carbonyl (C=O) groups is 4. The fourth-order valence-corrected chi connectivity index (χ4v) is 3.34. The second-order valence-electron chi connectivity index (χ2n) is 7.88. The molecule has 0 saturated carbocycles. The number of hydrogen-bond acceptors (Lipinski definition) is 5. The number of nitrogens with two attached hydrogens (primary N) is 1. The van der Waals surface area contributed by atoms with Gasteiger partial charge in [0.1, 0.15) is 17.3 Å². The third-order valence-electron chi connectivity index (χ3n) is 5.16. The predicted octanol–water partition coefficient (Wildman–Crippen LogP) is 0.831. The summed E-state index contributed by atoms with van der Waals surface area (Å²) in [5.41, 5.74) is 6.67. The quantitative estimate of drug-likeness (QED) is 0.142. The lowest BCUT2D eigenvalue weighted by molar-refractivity contribution is -0.105. The van der Waals surface area contributed by atoms with Gasteiger partial charge in [-0.3, -0.25) is 24.6 Å². The molecule has 0 spiro atoms. The molecule has 184 valence electrons. The van der Waals surface area contributed by atoms with Crippen molar-refractivity contribution in [1.82, 2.24) is 19.0 Å². The molecule has 3 aromatic rings. The van der Waals surface area contributed by atoms with Gasteiger partial charge < -0.3 is 40.7 Å². The number of hydrogen-bond donors (Lipinski definition) is 6. The van der Waals surface area contributed by atoms with Crippen molar-refractivity contribution in [2.45, 2.75) is 6.42 Å². The van der Waals surface area contributed by atoms with Crippen LogP contribution >= 0.6 is 0 Å². The highest BCUT2D eigenvalue weighted by Gasteiger charge is 2.18. The lowest BCUT2D eigenvalue weighted by Crippen LogP contribution is -2.28. The molecule has 0 aliphatic carbocycles. The van der Waals surface area contributed by atoms with Crippen LogP contribution in [0.3, 0.4) is 0 Å². The van der Waals surface area contributed by atoms with Crippen molar-refractivity contribution in [2.75, 3.05) is 22.5 Å². The number of nitrogens with one attached hydrogen (secondary N) is 5. The Hall–Kier alpha value is -4.81. The van der Waals surface area contributed by atoms with Gasteiger partial charge in [0.05, 0.1) is 22.6 Å². The first-order chi connectivity index (χ1) is 16.6. The van der Waals surface area contributed by atoms with Gasteiger partial charge in [-0.1, -0.05) is 0 Å². The molecule has 0 atom stereocenters. The van der Waals surface area contributed by atoms with Gasteiger partial charge in [-0.05, 0) is 12.1 Å². The number of rotatable bonds is 10. The average molecular weight is 482 g/mol. The number of aromatic nitrogens is 3. The van der Waals surface area contributed by atoms with Crippen molar-refractivity contribution in [2.24, 2.45) is 26.9 Å². The normalized spacial score (nSPS) is 10.5. The molecule has 0 aliphatic rings. The summed E-state index contributed by atoms with van der Waals surface area (Å²) in [4.78, 5) is 48.4. The van der Waals surface area contributed by atoms with Crippen molar-refractivity contribution in [3.63, 3.8) is 0 Å². The lowest BCUT2D eigenvalue weighted by Gasteiger charge is -2.05. The molecule has 13 heteroatoms. The van der Waals surface area contributed by atoms with Crippen molar-refractivity contribution in [3.05, 3.63) is 53.6 Å². The summed E-state index contributed by atoms with van der Waals surface area (Å²) in [5.74, 6) is -0.416. The van der Waals surface area contributed by atoms with Crippen LogP contribution in [-0.2, 0) is 25.9 Å². The summed E-state index contributed by atoms with van der Waals surface area (Å²) in [7, 11) is 5.04. The van der Waals surface area contributed by atoms with Gasteiger partial charge in [0, 0.05) is 58.8 Å². The van der Waals surface area contributed by atoms with Crippen LogP contribution < -0.4 is 27.0 Å². The maximum atomic E-state index is 12.8. The Morgan fingerprint density at radius 1 is 0.886 bits per heavy atom. The van der Waals surface area contributed by atoms with Crippen LogP contribution in [0.5, 0.6) is 0 Å². The van der Waals surface area contributed by atoms with Gasteiger partial charge in [-0.15, -0.1) is 0 Å². The van der Waals surface area contributed by atoms with Crippen LogP contribution in [0.2, 0.25) is 0 Å². The zero-order valence-corrected chi connectivity index (χ0v) is 19.5. The molecule has 0 fully saturated rings. The molecule has 4 amide bonds. The van der Waals surface area contributed by atoms with E-state index in [4.69, 9.17) is 11.1 Å². The summed E-state index contributed by atoms with van der Waals surface area (Å²) >= 11 is 0. The van der Waals surface area contributed by atoms with E-state index in [1.807, 2.05) is 0 Å². The van der Waals surface area contributed by atoms with E-state index in [2.05, 4.69) is 21.3 Å². The fraction of sp³-hybridized carbons (Fsp3) is 0.227. The number of nitrogens with zero attached hydrogens (tertiary/aromatic N) is 3. The monoisotopic (exact) mass is 481 g/mol. The lowest BCUT2D eigenvalue weighted by atomic mass is 10.2. The van der Waals surface area contributed by atoms with E-state index >= 15 is 0 Å². The van der Waals surface area contributed by atoms with Crippen LogP contribution in [-0.4, -0.2) is 50.2 Å². The molecule has 3 aromatic heterocycles. The van der Waals surface area contributed by atoms with E-state index < -0.39 is 17.7 Å². The molecule has 3 rings (SSSR count). The predicted molar refractivity (Wildman–Crippen MR) is 131 cm³/mol. The summed E-state index contributed by atoms with van der Waals surface area (Å²) in [6.07, 6.45) is 5.51. The van der Waals surface area contributed by atoms with Gasteiger partial charge in [-0.2, -0.15) is 0 Å². The van der Waals surface area contributed by atoms with E-state index in [1.165, 1.54) is 22.9 Å². The molecule has 0 aromatic carbocycles. The van der Waals surface area contributed by atoms with Crippen LogP contribution in [0.15, 0.2) is 36.8 Å². The van der Waals surface area contributed by atoms with E-state index in [0.717, 1.165) is 0 Å². The number of aryl methyl sites for hydroxylation is 3. The number of anilines is 3. The highest BCUT2D eigenvalue weighted by molar-refractivity contribution is 6.08. The largest absolute Gasteiger partial charge is 0.388 e. The smallest absolute Gasteiger partial charge is 0.267 e. The van der Waals surface area contributed by atoms with E-state index in [0.29, 0.717) is 29.3 Å². The highest BCUT2D eigenvalue weighted by atomic mass is 16.2. The SMILES string of the molecule is Cn1cc(NC=O)cc1NC(=O)c1cc(NC(=O)c2cc(C(=O)NCCC(=N)N)n(C)c2)n(C)c1. The number of amidine groups is 1.